The molecule has 7 heteroatoms. The summed E-state index contributed by atoms with van der Waals surface area (Å²) in [5, 5.41) is 21.5. The van der Waals surface area contributed by atoms with Gasteiger partial charge in [-0.05, 0) is 38.4 Å². The molecule has 0 saturated carbocycles. The smallest absolute Gasteiger partial charge is 0.443 e. The Morgan fingerprint density at radius 2 is 2.10 bits per heavy atom. The number of amides is 1. The van der Waals surface area contributed by atoms with Gasteiger partial charge in [-0.2, -0.15) is 0 Å². The van der Waals surface area contributed by atoms with E-state index in [0.717, 1.165) is 0 Å². The van der Waals surface area contributed by atoms with Crippen molar-refractivity contribution in [1.29, 1.82) is 0 Å². The molecule has 108 valence electrons. The predicted molar refractivity (Wildman–Crippen MR) is 78.3 cm³/mol. The van der Waals surface area contributed by atoms with Crippen LogP contribution in [0.3, 0.4) is 0 Å². The lowest BCUT2D eigenvalue weighted by Crippen LogP contribution is -2.42. The van der Waals surface area contributed by atoms with Gasteiger partial charge in [-0.3, -0.25) is 4.90 Å². The molecule has 1 aromatic carbocycles. The molecule has 2 rings (SSSR count). The monoisotopic (exact) mass is 278 g/mol. The average molecular weight is 278 g/mol. The van der Waals surface area contributed by atoms with Crippen LogP contribution in [0.25, 0.3) is 0 Å². The van der Waals surface area contributed by atoms with Crippen molar-refractivity contribution in [3.05, 3.63) is 18.2 Å². The minimum absolute atomic E-state index is 0.377. The van der Waals surface area contributed by atoms with Gasteiger partial charge >= 0.3 is 13.2 Å². The fourth-order valence-corrected chi connectivity index (χ4v) is 2.02. The molecule has 0 unspecified atom stereocenters. The maximum absolute atomic E-state index is 12.2. The van der Waals surface area contributed by atoms with Crippen LogP contribution in [0, 0.1) is 0 Å². The van der Waals surface area contributed by atoms with Gasteiger partial charge in [0.1, 0.15) is 5.60 Å². The van der Waals surface area contributed by atoms with E-state index in [1.165, 1.54) is 0 Å². The molecular formula is C13H19BN2O4. The van der Waals surface area contributed by atoms with Crippen LogP contribution in [0.2, 0.25) is 0 Å². The highest BCUT2D eigenvalue weighted by atomic mass is 16.6. The van der Waals surface area contributed by atoms with Gasteiger partial charge in [0.05, 0.1) is 11.4 Å². The Hall–Kier alpha value is -1.73. The summed E-state index contributed by atoms with van der Waals surface area (Å²) in [7, 11) is -1.53. The zero-order valence-corrected chi connectivity index (χ0v) is 11.9. The summed E-state index contributed by atoms with van der Waals surface area (Å²) in [5.41, 5.74) is 1.19. The number of benzene rings is 1. The largest absolute Gasteiger partial charge is 0.488 e. The quantitative estimate of drug-likeness (QED) is 0.653. The minimum Gasteiger partial charge on any atom is -0.443 e. The van der Waals surface area contributed by atoms with E-state index in [1.807, 2.05) is 20.8 Å². The highest BCUT2D eigenvalue weighted by Crippen LogP contribution is 2.29. The van der Waals surface area contributed by atoms with Gasteiger partial charge < -0.3 is 20.1 Å². The van der Waals surface area contributed by atoms with Crippen LogP contribution < -0.4 is 15.7 Å². The lowest BCUT2D eigenvalue weighted by atomic mass is 9.80. The summed E-state index contributed by atoms with van der Waals surface area (Å²) in [6.07, 6.45) is -0.405. The molecule has 1 aliphatic heterocycles. The van der Waals surface area contributed by atoms with Crippen LogP contribution >= 0.6 is 0 Å². The molecule has 0 spiro atoms. The van der Waals surface area contributed by atoms with Crippen molar-refractivity contribution in [3.8, 4) is 0 Å². The lowest BCUT2D eigenvalue weighted by molar-refractivity contribution is 0.0581. The van der Waals surface area contributed by atoms with Crippen molar-refractivity contribution >= 4 is 30.0 Å². The first kappa shape index (κ1) is 14.7. The fraction of sp³-hybridized carbons (Fsp3) is 0.462. The number of carbonyl (C=O) groups excluding carboxylic acids is 1. The third-order valence-corrected chi connectivity index (χ3v) is 2.87. The molecule has 20 heavy (non-hydrogen) atoms. The molecule has 1 aliphatic rings. The Labute approximate surface area is 118 Å². The summed E-state index contributed by atoms with van der Waals surface area (Å²) in [6.45, 7) is 6.54. The minimum atomic E-state index is -1.53. The third kappa shape index (κ3) is 3.23. The maximum Gasteiger partial charge on any atom is 0.488 e. The molecule has 0 aromatic heterocycles. The van der Waals surface area contributed by atoms with Gasteiger partial charge in [0.25, 0.3) is 0 Å². The van der Waals surface area contributed by atoms with Crippen molar-refractivity contribution in [2.24, 2.45) is 0 Å². The summed E-state index contributed by atoms with van der Waals surface area (Å²) in [5.74, 6) is 0. The molecule has 1 aromatic rings. The number of anilines is 2. The summed E-state index contributed by atoms with van der Waals surface area (Å²) < 4.78 is 5.37. The Balaban J connectivity index is 2.27. The van der Waals surface area contributed by atoms with Crippen LogP contribution in [0.5, 0.6) is 0 Å². The van der Waals surface area contributed by atoms with Crippen molar-refractivity contribution in [2.45, 2.75) is 26.4 Å². The lowest BCUT2D eigenvalue weighted by Gasteiger charge is -2.32. The van der Waals surface area contributed by atoms with E-state index in [4.69, 9.17) is 4.74 Å². The number of nitrogens with zero attached hydrogens (tertiary/aromatic N) is 1. The molecular weight excluding hydrogens is 259 g/mol. The number of nitrogens with one attached hydrogen (secondary N) is 1. The second-order valence-electron chi connectivity index (χ2n) is 5.71. The van der Waals surface area contributed by atoms with E-state index in [9.17, 15) is 14.8 Å². The Morgan fingerprint density at radius 1 is 1.40 bits per heavy atom. The molecule has 0 bridgehead atoms. The highest BCUT2D eigenvalue weighted by Gasteiger charge is 2.28. The predicted octanol–water partition coefficient (Wildman–Crippen LogP) is 0.533. The van der Waals surface area contributed by atoms with Gasteiger partial charge in [-0.15, -0.1) is 0 Å². The van der Waals surface area contributed by atoms with Crippen molar-refractivity contribution < 1.29 is 19.6 Å². The summed E-state index contributed by atoms with van der Waals surface area (Å²) in [4.78, 5) is 13.7. The van der Waals surface area contributed by atoms with Crippen molar-refractivity contribution in [1.82, 2.24) is 0 Å². The van der Waals surface area contributed by atoms with E-state index in [1.54, 1.807) is 23.1 Å². The first-order valence-corrected chi connectivity index (χ1v) is 6.52. The van der Waals surface area contributed by atoms with Gasteiger partial charge in [-0.1, -0.05) is 6.07 Å². The normalized spacial score (nSPS) is 14.3. The number of hydrogen-bond donors (Lipinski definition) is 3. The second-order valence-corrected chi connectivity index (χ2v) is 5.71. The van der Waals surface area contributed by atoms with Crippen LogP contribution in [0.4, 0.5) is 16.2 Å². The number of ether oxygens (including phenoxy) is 1. The van der Waals surface area contributed by atoms with E-state index in [2.05, 4.69) is 5.32 Å². The summed E-state index contributed by atoms with van der Waals surface area (Å²) >= 11 is 0. The number of carbonyl (C=O) groups is 1. The van der Waals surface area contributed by atoms with Crippen LogP contribution in [0.1, 0.15) is 20.8 Å². The number of fused-ring (bicyclic) bond motifs is 1. The third-order valence-electron chi connectivity index (χ3n) is 2.87. The highest BCUT2D eigenvalue weighted by molar-refractivity contribution is 6.58. The van der Waals surface area contributed by atoms with E-state index in [0.29, 0.717) is 29.9 Å². The van der Waals surface area contributed by atoms with Crippen LogP contribution in [0.15, 0.2) is 18.2 Å². The molecule has 1 amide bonds. The molecule has 0 radical (unpaired) electrons. The van der Waals surface area contributed by atoms with E-state index in [-0.39, 0.29) is 0 Å². The molecule has 0 saturated heterocycles. The van der Waals surface area contributed by atoms with Crippen LogP contribution in [-0.4, -0.2) is 42.0 Å². The number of rotatable bonds is 1. The second kappa shape index (κ2) is 5.34. The van der Waals surface area contributed by atoms with E-state index >= 15 is 0 Å². The first-order valence-electron chi connectivity index (χ1n) is 6.52. The van der Waals surface area contributed by atoms with Crippen molar-refractivity contribution in [2.75, 3.05) is 23.3 Å². The molecule has 0 aliphatic carbocycles. The molecule has 1 heterocycles. The molecule has 0 fully saturated rings. The van der Waals surface area contributed by atoms with Gasteiger partial charge in [-0.25, -0.2) is 4.79 Å². The number of hydrogen-bond acceptors (Lipinski definition) is 5. The topological polar surface area (TPSA) is 82.0 Å². The first-order chi connectivity index (χ1) is 9.28. The Morgan fingerprint density at radius 3 is 2.70 bits per heavy atom. The standard InChI is InChI=1S/C13H19BN2O4/c1-13(2,3)20-12(17)16-7-6-15-10-8-9(14(18)19)4-5-11(10)16/h4-5,8,15,18-19H,6-7H2,1-3H3. The summed E-state index contributed by atoms with van der Waals surface area (Å²) in [6, 6.07) is 4.88. The molecule has 6 nitrogen and oxygen atoms in total. The zero-order valence-electron chi connectivity index (χ0n) is 11.9. The molecule has 3 N–H and O–H groups in total. The zero-order chi connectivity index (χ0) is 14.9. The Kier molecular flexibility index (Phi) is 3.92. The SMILES string of the molecule is CC(C)(C)OC(=O)N1CCNc2cc(B(O)O)ccc21. The van der Waals surface area contributed by atoms with Crippen molar-refractivity contribution in [3.63, 3.8) is 0 Å². The van der Waals surface area contributed by atoms with Gasteiger partial charge in [0.15, 0.2) is 0 Å². The average Bonchev–Trinajstić information content (AvgIpc) is 2.35. The van der Waals surface area contributed by atoms with Crippen LogP contribution in [-0.2, 0) is 4.74 Å². The van der Waals surface area contributed by atoms with E-state index < -0.39 is 18.8 Å². The molecule has 0 atom stereocenters. The fourth-order valence-electron chi connectivity index (χ4n) is 2.02. The maximum atomic E-state index is 12.2. The van der Waals surface area contributed by atoms with Gasteiger partial charge in [0, 0.05) is 13.1 Å². The Bertz CT molecular complexity index is 514. The van der Waals surface area contributed by atoms with Gasteiger partial charge in [0.2, 0.25) is 0 Å².